The molecule has 0 atom stereocenters. The minimum absolute atomic E-state index is 0.671. The van der Waals surface area contributed by atoms with Gasteiger partial charge < -0.3 is 9.30 Å². The van der Waals surface area contributed by atoms with E-state index in [0.29, 0.717) is 5.95 Å². The maximum Gasteiger partial charge on any atom is 0.235 e. The average molecular weight is 733 g/mol. The Morgan fingerprint density at radius 3 is 2.04 bits per heavy atom. The Kier molecular flexibility index (Phi) is 6.04. The molecule has 6 heteroatoms. The predicted molar refractivity (Wildman–Crippen MR) is 229 cm³/mol. The van der Waals surface area contributed by atoms with Gasteiger partial charge in [0, 0.05) is 42.3 Å². The Labute approximate surface area is 325 Å². The van der Waals surface area contributed by atoms with Gasteiger partial charge in [0.05, 0.1) is 39.0 Å². The molecule has 0 amide bonds. The molecular weight excluding hydrogens is 705 g/mol. The summed E-state index contributed by atoms with van der Waals surface area (Å²) in [5.74, 6) is 2.43. The number of fused-ring (bicyclic) bond motifs is 10. The summed E-state index contributed by atoms with van der Waals surface area (Å²) in [5, 5.41) is 5.82. The number of hydrogen-bond acceptors (Lipinski definition) is 4. The third kappa shape index (κ3) is 4.11. The fourth-order valence-corrected chi connectivity index (χ4v) is 10.3. The first-order chi connectivity index (χ1) is 27.8. The molecule has 260 valence electrons. The summed E-state index contributed by atoms with van der Waals surface area (Å²) in [6.07, 6.45) is 0. The molecule has 5 nitrogen and oxygen atoms in total. The molecule has 0 fully saturated rings. The molecule has 2 aliphatic rings. The van der Waals surface area contributed by atoms with Gasteiger partial charge in [-0.3, -0.25) is 4.57 Å². The van der Waals surface area contributed by atoms with Gasteiger partial charge in [-0.05, 0) is 82.9 Å². The van der Waals surface area contributed by atoms with Crippen molar-refractivity contribution < 1.29 is 4.74 Å². The van der Waals surface area contributed by atoms with Crippen molar-refractivity contribution in [3.63, 3.8) is 0 Å². The van der Waals surface area contributed by atoms with Gasteiger partial charge in [-0.25, -0.2) is 9.97 Å². The Morgan fingerprint density at radius 2 is 1.14 bits per heavy atom. The van der Waals surface area contributed by atoms with Gasteiger partial charge in [0.2, 0.25) is 5.95 Å². The van der Waals surface area contributed by atoms with Crippen molar-refractivity contribution in [3.05, 3.63) is 170 Å². The number of ether oxygens (including phenoxy) is 1. The van der Waals surface area contributed by atoms with Crippen LogP contribution in [0.1, 0.15) is 0 Å². The van der Waals surface area contributed by atoms with Gasteiger partial charge in [-0.1, -0.05) is 121 Å². The lowest BCUT2D eigenvalue weighted by atomic mass is 9.99. The summed E-state index contributed by atoms with van der Waals surface area (Å²) in [4.78, 5) is 13.2. The molecule has 5 heterocycles. The Balaban J connectivity index is 1.00. The summed E-state index contributed by atoms with van der Waals surface area (Å²) in [6.45, 7) is 0. The van der Waals surface area contributed by atoms with Crippen LogP contribution in [0, 0.1) is 0 Å². The summed E-state index contributed by atoms with van der Waals surface area (Å²) < 4.78 is 11.0. The van der Waals surface area contributed by atoms with Crippen LogP contribution in [0.5, 0.6) is 11.5 Å². The van der Waals surface area contributed by atoms with Crippen LogP contribution in [0.15, 0.2) is 180 Å². The molecule has 2 aliphatic heterocycles. The van der Waals surface area contributed by atoms with Crippen LogP contribution in [0.25, 0.3) is 99.7 Å². The third-order valence-corrected chi connectivity index (χ3v) is 12.7. The maximum absolute atomic E-state index is 6.38. The van der Waals surface area contributed by atoms with E-state index in [2.05, 4.69) is 167 Å². The topological polar surface area (TPSA) is 44.9 Å². The third-order valence-electron chi connectivity index (χ3n) is 11.5. The van der Waals surface area contributed by atoms with Crippen LogP contribution in [-0.4, -0.2) is 19.1 Å². The standard InChI is InChI=1S/C50H28N4OS/c1-2-11-29(12-3-1)32-14-8-16-35-47-46-38(17-10-22-45(46)56-49(32)35)51-50(52-47)54-39-18-5-4-13-33(39)36-27-30(24-26-41(36)54)31-23-25-40-37(28-31)34-15-9-21-44-48(34)53(40)42-19-6-7-20-43(42)55-44/h1-28H. The van der Waals surface area contributed by atoms with Crippen molar-refractivity contribution in [1.29, 1.82) is 0 Å². The molecule has 8 aromatic carbocycles. The van der Waals surface area contributed by atoms with E-state index in [1.807, 2.05) is 23.9 Å². The summed E-state index contributed by atoms with van der Waals surface area (Å²) in [6, 6.07) is 60.5. The summed E-state index contributed by atoms with van der Waals surface area (Å²) in [7, 11) is 0. The summed E-state index contributed by atoms with van der Waals surface area (Å²) >= 11 is 1.81. The lowest BCUT2D eigenvalue weighted by molar-refractivity contribution is 0.476. The molecule has 0 aliphatic carbocycles. The molecule has 56 heavy (non-hydrogen) atoms. The molecule has 3 aromatic heterocycles. The van der Waals surface area contributed by atoms with Crippen molar-refractivity contribution in [2.75, 3.05) is 0 Å². The predicted octanol–water partition coefficient (Wildman–Crippen LogP) is 13.4. The lowest BCUT2D eigenvalue weighted by Gasteiger charge is -2.22. The minimum Gasteiger partial charge on any atom is -0.453 e. The first-order valence-electron chi connectivity index (χ1n) is 18.8. The molecular formula is C50H28N4OS. The molecule has 0 spiro atoms. The maximum atomic E-state index is 6.38. The van der Waals surface area contributed by atoms with Crippen molar-refractivity contribution in [2.45, 2.75) is 9.79 Å². The Bertz CT molecular complexity index is 3490. The second-order valence-corrected chi connectivity index (χ2v) is 15.6. The van der Waals surface area contributed by atoms with Crippen LogP contribution in [-0.2, 0) is 0 Å². The quantitative estimate of drug-likeness (QED) is 0.181. The van der Waals surface area contributed by atoms with Gasteiger partial charge in [-0.15, -0.1) is 0 Å². The monoisotopic (exact) mass is 732 g/mol. The number of rotatable bonds is 3. The number of aromatic nitrogens is 4. The highest BCUT2D eigenvalue weighted by atomic mass is 32.2. The van der Waals surface area contributed by atoms with Crippen LogP contribution in [0.3, 0.4) is 0 Å². The fraction of sp³-hybridized carbons (Fsp3) is 0. The molecule has 13 rings (SSSR count). The first kappa shape index (κ1) is 30.2. The van der Waals surface area contributed by atoms with Gasteiger partial charge in [-0.2, -0.15) is 0 Å². The lowest BCUT2D eigenvalue weighted by Crippen LogP contribution is -2.06. The second-order valence-electron chi connectivity index (χ2n) is 14.5. The van der Waals surface area contributed by atoms with Gasteiger partial charge in [0.1, 0.15) is 0 Å². The van der Waals surface area contributed by atoms with E-state index in [0.717, 1.165) is 72.4 Å². The van der Waals surface area contributed by atoms with Crippen LogP contribution in [0.2, 0.25) is 0 Å². The van der Waals surface area contributed by atoms with E-state index in [1.165, 1.54) is 42.6 Å². The highest BCUT2D eigenvalue weighted by molar-refractivity contribution is 8.00. The molecule has 0 saturated carbocycles. The van der Waals surface area contributed by atoms with Crippen molar-refractivity contribution in [2.24, 2.45) is 0 Å². The van der Waals surface area contributed by atoms with E-state index in [-0.39, 0.29) is 0 Å². The number of hydrogen-bond donors (Lipinski definition) is 0. The highest BCUT2D eigenvalue weighted by Gasteiger charge is 2.27. The van der Waals surface area contributed by atoms with E-state index < -0.39 is 0 Å². The molecule has 11 aromatic rings. The van der Waals surface area contributed by atoms with E-state index in [4.69, 9.17) is 14.7 Å². The molecule has 0 N–H and O–H groups in total. The zero-order valence-electron chi connectivity index (χ0n) is 29.8. The normalized spacial score (nSPS) is 12.7. The smallest absolute Gasteiger partial charge is 0.235 e. The molecule has 0 unspecified atom stereocenters. The zero-order valence-corrected chi connectivity index (χ0v) is 30.6. The average Bonchev–Trinajstić information content (AvgIpc) is 3.77. The Hall–Kier alpha value is -7.15. The van der Waals surface area contributed by atoms with Crippen molar-refractivity contribution >= 4 is 66.3 Å². The van der Waals surface area contributed by atoms with E-state index >= 15 is 0 Å². The fourth-order valence-electron chi connectivity index (χ4n) is 9.07. The van der Waals surface area contributed by atoms with Crippen LogP contribution < -0.4 is 4.74 Å². The SMILES string of the molecule is c1ccc(-c2cccc3c2Sc2cccc4nc(-n5c6ccccc6c6cc(-c7ccc8c(c7)c7cccc9c7n8-c7ccccc7O9)ccc65)nc-3c24)cc1. The number of para-hydroxylation sites is 4. The van der Waals surface area contributed by atoms with E-state index in [1.54, 1.807) is 0 Å². The highest BCUT2D eigenvalue weighted by Crippen LogP contribution is 2.51. The first-order valence-corrected chi connectivity index (χ1v) is 19.6. The van der Waals surface area contributed by atoms with Crippen molar-refractivity contribution in [3.8, 4) is 56.6 Å². The molecule has 0 radical (unpaired) electrons. The molecule has 0 saturated heterocycles. The van der Waals surface area contributed by atoms with Gasteiger partial charge in [0.25, 0.3) is 0 Å². The Morgan fingerprint density at radius 1 is 0.464 bits per heavy atom. The minimum atomic E-state index is 0.671. The van der Waals surface area contributed by atoms with E-state index in [9.17, 15) is 0 Å². The van der Waals surface area contributed by atoms with Gasteiger partial charge >= 0.3 is 0 Å². The van der Waals surface area contributed by atoms with Crippen LogP contribution in [0.4, 0.5) is 0 Å². The largest absolute Gasteiger partial charge is 0.453 e. The van der Waals surface area contributed by atoms with Crippen LogP contribution >= 0.6 is 11.8 Å². The summed E-state index contributed by atoms with van der Waals surface area (Å²) in [5.41, 5.74) is 13.3. The number of benzene rings is 8. The number of nitrogens with zero attached hydrogens (tertiary/aromatic N) is 4. The van der Waals surface area contributed by atoms with Crippen molar-refractivity contribution in [1.82, 2.24) is 19.1 Å². The van der Waals surface area contributed by atoms with Gasteiger partial charge in [0.15, 0.2) is 11.5 Å². The molecule has 0 bridgehead atoms. The zero-order chi connectivity index (χ0) is 36.5. The second kappa shape index (κ2) is 11.2.